The largest absolute Gasteiger partial charge is 0.356 e. The highest BCUT2D eigenvalue weighted by Gasteiger charge is 2.30. The summed E-state index contributed by atoms with van der Waals surface area (Å²) in [4.78, 5) is 18.6. The zero-order valence-corrected chi connectivity index (χ0v) is 17.2. The molecular formula is C18H29IN4O. The Hall–Kier alpha value is -1.31. The van der Waals surface area contributed by atoms with Crippen LogP contribution in [0.3, 0.4) is 0 Å². The molecule has 1 saturated heterocycles. The van der Waals surface area contributed by atoms with E-state index in [1.54, 1.807) is 0 Å². The van der Waals surface area contributed by atoms with Crippen molar-refractivity contribution in [3.8, 4) is 0 Å². The number of nitrogens with one attached hydrogen (secondary N) is 2. The molecule has 1 amide bonds. The van der Waals surface area contributed by atoms with Gasteiger partial charge in [-0.3, -0.25) is 9.79 Å². The molecule has 0 saturated carbocycles. The Labute approximate surface area is 162 Å². The minimum Gasteiger partial charge on any atom is -0.356 e. The van der Waals surface area contributed by atoms with E-state index in [4.69, 9.17) is 0 Å². The van der Waals surface area contributed by atoms with Gasteiger partial charge in [0.1, 0.15) is 0 Å². The highest BCUT2D eigenvalue weighted by molar-refractivity contribution is 14.0. The number of carbonyl (C=O) groups excluding carboxylic acids is 1. The molecule has 0 atom stereocenters. The summed E-state index contributed by atoms with van der Waals surface area (Å²) in [6, 6.07) is 9.30. The lowest BCUT2D eigenvalue weighted by Crippen LogP contribution is -2.41. The average molecular weight is 444 g/mol. The third kappa shape index (κ3) is 6.30. The lowest BCUT2D eigenvalue weighted by Gasteiger charge is -2.23. The van der Waals surface area contributed by atoms with Gasteiger partial charge in [-0.2, -0.15) is 0 Å². The van der Waals surface area contributed by atoms with E-state index < -0.39 is 0 Å². The maximum atomic E-state index is 11.9. The van der Waals surface area contributed by atoms with E-state index in [1.165, 1.54) is 6.42 Å². The summed E-state index contributed by atoms with van der Waals surface area (Å²) in [6.07, 6.45) is 2.07. The van der Waals surface area contributed by atoms with Crippen LogP contribution in [0.25, 0.3) is 0 Å². The van der Waals surface area contributed by atoms with Crippen LogP contribution in [0, 0.1) is 5.41 Å². The Kier molecular flexibility index (Phi) is 8.52. The van der Waals surface area contributed by atoms with Crippen molar-refractivity contribution in [2.24, 2.45) is 10.4 Å². The summed E-state index contributed by atoms with van der Waals surface area (Å²) in [6.45, 7) is 8.13. The first-order valence-corrected chi connectivity index (χ1v) is 8.31. The SMILES string of the molecule is CN=C(NCCCNC(=O)c1ccccc1)N1CCC(C)(C)C1.I. The molecule has 5 nitrogen and oxygen atoms in total. The van der Waals surface area contributed by atoms with Crippen molar-refractivity contribution in [2.45, 2.75) is 26.7 Å². The van der Waals surface area contributed by atoms with Gasteiger partial charge in [-0.25, -0.2) is 0 Å². The fourth-order valence-electron chi connectivity index (χ4n) is 2.81. The smallest absolute Gasteiger partial charge is 0.251 e. The number of amides is 1. The monoisotopic (exact) mass is 444 g/mol. The van der Waals surface area contributed by atoms with Gasteiger partial charge in [0, 0.05) is 38.8 Å². The number of nitrogens with zero attached hydrogens (tertiary/aromatic N) is 2. The molecule has 24 heavy (non-hydrogen) atoms. The predicted octanol–water partition coefficient (Wildman–Crippen LogP) is 2.73. The van der Waals surface area contributed by atoms with Gasteiger partial charge in [0.05, 0.1) is 0 Å². The van der Waals surface area contributed by atoms with Crippen molar-refractivity contribution in [3.63, 3.8) is 0 Å². The van der Waals surface area contributed by atoms with Crippen molar-refractivity contribution in [3.05, 3.63) is 35.9 Å². The fourth-order valence-corrected chi connectivity index (χ4v) is 2.81. The van der Waals surface area contributed by atoms with Crippen molar-refractivity contribution >= 4 is 35.8 Å². The number of aliphatic imine (C=N–C) groups is 1. The van der Waals surface area contributed by atoms with Crippen molar-refractivity contribution in [1.82, 2.24) is 15.5 Å². The maximum Gasteiger partial charge on any atom is 0.251 e. The molecule has 0 aromatic heterocycles. The summed E-state index contributed by atoms with van der Waals surface area (Å²) in [5.41, 5.74) is 1.07. The third-order valence-corrected chi connectivity index (χ3v) is 4.15. The zero-order chi connectivity index (χ0) is 16.7. The summed E-state index contributed by atoms with van der Waals surface area (Å²) in [5.74, 6) is 0.946. The predicted molar refractivity (Wildman–Crippen MR) is 110 cm³/mol. The van der Waals surface area contributed by atoms with Crippen LogP contribution in [-0.2, 0) is 0 Å². The van der Waals surface area contributed by atoms with Gasteiger partial charge in [-0.1, -0.05) is 32.0 Å². The molecule has 0 radical (unpaired) electrons. The first kappa shape index (κ1) is 20.7. The Morgan fingerprint density at radius 2 is 1.88 bits per heavy atom. The molecule has 1 aliphatic rings. The number of likely N-dealkylation sites (tertiary alicyclic amines) is 1. The second-order valence-electron chi connectivity index (χ2n) is 6.79. The van der Waals surface area contributed by atoms with E-state index in [9.17, 15) is 4.79 Å². The van der Waals surface area contributed by atoms with Crippen LogP contribution >= 0.6 is 24.0 Å². The van der Waals surface area contributed by atoms with Gasteiger partial charge in [0.15, 0.2) is 5.96 Å². The third-order valence-electron chi connectivity index (χ3n) is 4.15. The van der Waals surface area contributed by atoms with E-state index >= 15 is 0 Å². The number of hydrogen-bond donors (Lipinski definition) is 2. The van der Waals surface area contributed by atoms with Crippen molar-refractivity contribution in [2.75, 3.05) is 33.2 Å². The van der Waals surface area contributed by atoms with Gasteiger partial charge in [-0.15, -0.1) is 24.0 Å². The summed E-state index contributed by atoms with van der Waals surface area (Å²) < 4.78 is 0. The number of carbonyl (C=O) groups is 1. The molecule has 1 aromatic rings. The highest BCUT2D eigenvalue weighted by atomic mass is 127. The Morgan fingerprint density at radius 1 is 1.21 bits per heavy atom. The van der Waals surface area contributed by atoms with Gasteiger partial charge in [0.25, 0.3) is 5.91 Å². The second kappa shape index (κ2) is 9.86. The van der Waals surface area contributed by atoms with Crippen LogP contribution in [-0.4, -0.2) is 50.0 Å². The molecule has 1 aromatic carbocycles. The Morgan fingerprint density at radius 3 is 2.46 bits per heavy atom. The molecule has 1 heterocycles. The number of hydrogen-bond acceptors (Lipinski definition) is 2. The van der Waals surface area contributed by atoms with Crippen LogP contribution in [0.1, 0.15) is 37.0 Å². The Balaban J connectivity index is 0.00000288. The second-order valence-corrected chi connectivity index (χ2v) is 6.79. The minimum absolute atomic E-state index is 0. The van der Waals surface area contributed by atoms with E-state index in [0.29, 0.717) is 17.5 Å². The lowest BCUT2D eigenvalue weighted by molar-refractivity contribution is 0.0953. The number of halogens is 1. The minimum atomic E-state index is -0.0173. The first-order valence-electron chi connectivity index (χ1n) is 8.31. The van der Waals surface area contributed by atoms with Gasteiger partial charge in [-0.05, 0) is 30.4 Å². The van der Waals surface area contributed by atoms with Gasteiger partial charge >= 0.3 is 0 Å². The molecule has 6 heteroatoms. The molecule has 2 N–H and O–H groups in total. The van der Waals surface area contributed by atoms with E-state index in [1.807, 2.05) is 37.4 Å². The lowest BCUT2D eigenvalue weighted by atomic mass is 9.93. The van der Waals surface area contributed by atoms with Crippen LogP contribution in [0.2, 0.25) is 0 Å². The standard InChI is InChI=1S/C18H28N4O.HI/c1-18(2)10-13-22(14-18)17(19-3)21-12-7-11-20-16(23)15-8-5-4-6-9-15;/h4-6,8-9H,7,10-14H2,1-3H3,(H,19,21)(H,20,23);1H. The number of rotatable bonds is 5. The molecular weight excluding hydrogens is 415 g/mol. The molecule has 134 valence electrons. The Bertz CT molecular complexity index is 545. The van der Waals surface area contributed by atoms with Crippen molar-refractivity contribution < 1.29 is 4.79 Å². The van der Waals surface area contributed by atoms with Crippen LogP contribution in [0.15, 0.2) is 35.3 Å². The molecule has 0 spiro atoms. The van der Waals surface area contributed by atoms with Gasteiger partial charge in [0.2, 0.25) is 0 Å². The molecule has 1 fully saturated rings. The van der Waals surface area contributed by atoms with E-state index in [2.05, 4.69) is 34.4 Å². The summed E-state index contributed by atoms with van der Waals surface area (Å²) in [7, 11) is 1.82. The fraction of sp³-hybridized carbons (Fsp3) is 0.556. The normalized spacial score (nSPS) is 16.5. The maximum absolute atomic E-state index is 11.9. The highest BCUT2D eigenvalue weighted by Crippen LogP contribution is 2.28. The summed E-state index contributed by atoms with van der Waals surface area (Å²) >= 11 is 0. The number of guanidine groups is 1. The van der Waals surface area contributed by atoms with Crippen LogP contribution < -0.4 is 10.6 Å². The topological polar surface area (TPSA) is 56.7 Å². The quantitative estimate of drug-likeness (QED) is 0.318. The molecule has 0 aliphatic carbocycles. The van der Waals surface area contributed by atoms with E-state index in [-0.39, 0.29) is 29.9 Å². The summed E-state index contributed by atoms with van der Waals surface area (Å²) in [5, 5.41) is 6.33. The molecule has 2 rings (SSSR count). The zero-order valence-electron chi connectivity index (χ0n) is 14.8. The van der Waals surface area contributed by atoms with Crippen LogP contribution in [0.5, 0.6) is 0 Å². The van der Waals surface area contributed by atoms with Gasteiger partial charge < -0.3 is 15.5 Å². The average Bonchev–Trinajstić information content (AvgIpc) is 2.91. The molecule has 1 aliphatic heterocycles. The molecule has 0 bridgehead atoms. The first-order chi connectivity index (χ1) is 11.0. The van der Waals surface area contributed by atoms with E-state index in [0.717, 1.165) is 32.0 Å². The van der Waals surface area contributed by atoms with Crippen molar-refractivity contribution in [1.29, 1.82) is 0 Å². The molecule has 0 unspecified atom stereocenters. The van der Waals surface area contributed by atoms with Crippen LogP contribution in [0.4, 0.5) is 0 Å². The number of benzene rings is 1.